The van der Waals surface area contributed by atoms with Gasteiger partial charge in [-0.15, -0.1) is 0 Å². The number of hydrogen-bond donors (Lipinski definition) is 1. The minimum absolute atomic E-state index is 0.0852. The quantitative estimate of drug-likeness (QED) is 0.187. The van der Waals surface area contributed by atoms with Crippen molar-refractivity contribution < 1.29 is 28.9 Å². The van der Waals surface area contributed by atoms with Gasteiger partial charge in [-0.25, -0.2) is 0 Å². The Kier molecular flexibility index (Phi) is 7.75. The first-order chi connectivity index (χ1) is 18.6. The first-order valence-corrected chi connectivity index (χ1v) is 12.9. The highest BCUT2D eigenvalue weighted by Crippen LogP contribution is 2.40. The van der Waals surface area contributed by atoms with Gasteiger partial charge in [-0.1, -0.05) is 42.5 Å². The second-order valence-corrected chi connectivity index (χ2v) is 9.46. The van der Waals surface area contributed by atoms with Crippen LogP contribution in [0.5, 0.6) is 11.5 Å². The third-order valence-electron chi connectivity index (χ3n) is 6.91. The maximum absolute atomic E-state index is 13.3. The monoisotopic (exact) mass is 513 g/mol. The van der Waals surface area contributed by atoms with Gasteiger partial charge in [0.1, 0.15) is 23.9 Å². The van der Waals surface area contributed by atoms with E-state index in [-0.39, 0.29) is 11.3 Å². The van der Waals surface area contributed by atoms with Crippen LogP contribution in [0.1, 0.15) is 41.1 Å². The number of likely N-dealkylation sites (tertiary alicyclic amines) is 1. The van der Waals surface area contributed by atoms with Crippen LogP contribution in [0.3, 0.4) is 0 Å². The molecule has 1 amide bonds. The Morgan fingerprint density at radius 1 is 1.05 bits per heavy atom. The van der Waals surface area contributed by atoms with Crippen molar-refractivity contribution in [3.05, 3.63) is 101 Å². The number of rotatable bonds is 9. The molecule has 0 radical (unpaired) electrons. The van der Waals surface area contributed by atoms with Crippen molar-refractivity contribution in [1.82, 2.24) is 4.90 Å². The molecule has 2 aliphatic heterocycles. The van der Waals surface area contributed by atoms with Gasteiger partial charge in [-0.05, 0) is 66.3 Å². The van der Waals surface area contributed by atoms with Gasteiger partial charge in [0.2, 0.25) is 0 Å². The molecule has 38 heavy (non-hydrogen) atoms. The number of ketones is 1. The maximum Gasteiger partial charge on any atom is 0.295 e. The van der Waals surface area contributed by atoms with E-state index in [1.165, 1.54) is 4.90 Å². The highest BCUT2D eigenvalue weighted by atomic mass is 16.5. The molecule has 1 unspecified atom stereocenters. The minimum Gasteiger partial charge on any atom is -0.507 e. The number of nitrogens with zero attached hydrogens (tertiary/aromatic N) is 1. The number of aliphatic hydroxyl groups excluding tert-OH is 1. The summed E-state index contributed by atoms with van der Waals surface area (Å²) in [5.74, 6) is -0.0407. The number of methoxy groups -OCH3 is 1. The molecule has 1 fully saturated rings. The zero-order valence-electron chi connectivity index (χ0n) is 21.4. The SMILES string of the molecule is COCCCN1C(=O)C(=O)/C(=C(\O)c2ccc3c(c2)CCCO3)C1c1ccc(OCc2ccccc2)cc1. The third-order valence-corrected chi connectivity index (χ3v) is 6.91. The third kappa shape index (κ3) is 5.29. The molecule has 7 heteroatoms. The molecule has 0 spiro atoms. The lowest BCUT2D eigenvalue weighted by Gasteiger charge is -2.25. The molecule has 2 heterocycles. The van der Waals surface area contributed by atoms with E-state index in [9.17, 15) is 14.7 Å². The number of carbonyl (C=O) groups excluding carboxylic acids is 2. The average molecular weight is 514 g/mol. The van der Waals surface area contributed by atoms with Gasteiger partial charge in [0, 0.05) is 25.8 Å². The van der Waals surface area contributed by atoms with Crippen LogP contribution < -0.4 is 9.47 Å². The molecular formula is C31H31NO6. The Hall–Kier alpha value is -4.10. The van der Waals surface area contributed by atoms with Crippen molar-refractivity contribution in [3.63, 3.8) is 0 Å². The largest absolute Gasteiger partial charge is 0.507 e. The van der Waals surface area contributed by atoms with Crippen LogP contribution >= 0.6 is 0 Å². The van der Waals surface area contributed by atoms with Crippen LogP contribution in [0, 0.1) is 0 Å². The molecule has 1 atom stereocenters. The lowest BCUT2D eigenvalue weighted by atomic mass is 9.94. The fraction of sp³-hybridized carbons (Fsp3) is 0.290. The molecule has 2 aliphatic rings. The van der Waals surface area contributed by atoms with E-state index in [2.05, 4.69) is 0 Å². The summed E-state index contributed by atoms with van der Waals surface area (Å²) in [6.45, 7) is 1.87. The summed E-state index contributed by atoms with van der Waals surface area (Å²) >= 11 is 0. The van der Waals surface area contributed by atoms with Gasteiger partial charge < -0.3 is 24.2 Å². The molecule has 0 aliphatic carbocycles. The molecule has 196 valence electrons. The number of hydrogen-bond acceptors (Lipinski definition) is 6. The van der Waals surface area contributed by atoms with E-state index in [0.29, 0.717) is 44.1 Å². The molecular weight excluding hydrogens is 482 g/mol. The normalized spacial score (nSPS) is 18.2. The second kappa shape index (κ2) is 11.5. The van der Waals surface area contributed by atoms with Crippen LogP contribution in [0.2, 0.25) is 0 Å². The lowest BCUT2D eigenvalue weighted by molar-refractivity contribution is -0.140. The van der Waals surface area contributed by atoms with Gasteiger partial charge >= 0.3 is 0 Å². The first kappa shape index (κ1) is 25.5. The highest BCUT2D eigenvalue weighted by Gasteiger charge is 2.45. The number of Topliss-reactive ketones (excluding diaryl/α,β-unsaturated/α-hetero) is 1. The van der Waals surface area contributed by atoms with Gasteiger partial charge in [0.25, 0.3) is 11.7 Å². The topological polar surface area (TPSA) is 85.3 Å². The number of ether oxygens (including phenoxy) is 3. The number of amides is 1. The zero-order chi connectivity index (χ0) is 26.5. The average Bonchev–Trinajstić information content (AvgIpc) is 3.21. The van der Waals surface area contributed by atoms with E-state index in [1.807, 2.05) is 66.7 Å². The van der Waals surface area contributed by atoms with Gasteiger partial charge in [-0.2, -0.15) is 0 Å². The van der Waals surface area contributed by atoms with Crippen molar-refractivity contribution in [1.29, 1.82) is 0 Å². The predicted octanol–water partition coefficient (Wildman–Crippen LogP) is 5.05. The Labute approximate surface area is 222 Å². The number of aryl methyl sites for hydroxylation is 1. The molecule has 7 nitrogen and oxygen atoms in total. The minimum atomic E-state index is -0.720. The molecule has 5 rings (SSSR count). The van der Waals surface area contributed by atoms with E-state index in [1.54, 1.807) is 13.2 Å². The molecule has 0 saturated carbocycles. The summed E-state index contributed by atoms with van der Waals surface area (Å²) in [7, 11) is 1.60. The van der Waals surface area contributed by atoms with Crippen LogP contribution in [-0.4, -0.2) is 48.6 Å². The fourth-order valence-electron chi connectivity index (χ4n) is 4.99. The van der Waals surface area contributed by atoms with E-state index in [4.69, 9.17) is 14.2 Å². The molecule has 0 bridgehead atoms. The smallest absolute Gasteiger partial charge is 0.295 e. The van der Waals surface area contributed by atoms with Crippen LogP contribution in [0.25, 0.3) is 5.76 Å². The molecule has 1 saturated heterocycles. The Bertz CT molecular complexity index is 1330. The van der Waals surface area contributed by atoms with Gasteiger partial charge in [-0.3, -0.25) is 9.59 Å². The summed E-state index contributed by atoms with van der Waals surface area (Å²) in [5, 5.41) is 11.4. The van der Waals surface area contributed by atoms with Crippen molar-refractivity contribution in [2.45, 2.75) is 31.9 Å². The molecule has 0 aromatic heterocycles. The molecule has 3 aromatic carbocycles. The van der Waals surface area contributed by atoms with Gasteiger partial charge in [0.15, 0.2) is 0 Å². The summed E-state index contributed by atoms with van der Waals surface area (Å²) < 4.78 is 16.8. The Morgan fingerprint density at radius 2 is 1.84 bits per heavy atom. The van der Waals surface area contributed by atoms with E-state index < -0.39 is 17.7 Å². The zero-order valence-corrected chi connectivity index (χ0v) is 21.4. The Morgan fingerprint density at radius 3 is 2.61 bits per heavy atom. The summed E-state index contributed by atoms with van der Waals surface area (Å²) in [6.07, 6.45) is 2.28. The fourth-order valence-corrected chi connectivity index (χ4v) is 4.99. The number of carbonyl (C=O) groups is 2. The van der Waals surface area contributed by atoms with Crippen molar-refractivity contribution >= 4 is 17.4 Å². The molecule has 1 N–H and O–H groups in total. The predicted molar refractivity (Wildman–Crippen MR) is 143 cm³/mol. The second-order valence-electron chi connectivity index (χ2n) is 9.46. The van der Waals surface area contributed by atoms with E-state index in [0.717, 1.165) is 35.3 Å². The standard InChI is InChI=1S/C31H31NO6/c1-36-17-6-16-32-28(22-10-13-25(14-11-22)38-20-21-7-3-2-4-8-21)27(30(34)31(32)35)29(33)24-12-15-26-23(19-24)9-5-18-37-26/h2-4,7-8,10-15,19,28,33H,5-6,9,16-18,20H2,1H3/b29-27-. The molecule has 3 aromatic rings. The summed E-state index contributed by atoms with van der Waals surface area (Å²) in [6, 6.07) is 21.9. The summed E-state index contributed by atoms with van der Waals surface area (Å²) in [5.41, 5.74) is 3.33. The number of fused-ring (bicyclic) bond motifs is 1. The van der Waals surface area contributed by atoms with Crippen LogP contribution in [0.15, 0.2) is 78.4 Å². The van der Waals surface area contributed by atoms with Crippen LogP contribution in [0.4, 0.5) is 0 Å². The van der Waals surface area contributed by atoms with Gasteiger partial charge in [0.05, 0.1) is 18.2 Å². The summed E-state index contributed by atoms with van der Waals surface area (Å²) in [4.78, 5) is 27.9. The lowest BCUT2D eigenvalue weighted by Crippen LogP contribution is -2.31. The van der Waals surface area contributed by atoms with Crippen LogP contribution in [-0.2, 0) is 27.4 Å². The first-order valence-electron chi connectivity index (χ1n) is 12.9. The van der Waals surface area contributed by atoms with Crippen molar-refractivity contribution in [3.8, 4) is 11.5 Å². The van der Waals surface area contributed by atoms with Crippen molar-refractivity contribution in [2.24, 2.45) is 0 Å². The van der Waals surface area contributed by atoms with Crippen molar-refractivity contribution in [2.75, 3.05) is 26.9 Å². The number of aliphatic hydroxyl groups is 1. The van der Waals surface area contributed by atoms with E-state index >= 15 is 0 Å². The maximum atomic E-state index is 13.3. The highest BCUT2D eigenvalue weighted by molar-refractivity contribution is 6.46. The Balaban J connectivity index is 1.47. The number of benzene rings is 3.